The standard InChI is InChI=1S/C16H22N2O/c1-5-10-17-15-12(6-2)11(3)18-16-13(15)8-7-9-14(16)19-4/h7-9H,5-6,10H2,1-4H3,(H,17,18). The maximum absolute atomic E-state index is 5.43. The first-order chi connectivity index (χ1) is 9.22. The first kappa shape index (κ1) is 13.7. The molecule has 1 aromatic heterocycles. The van der Waals surface area contributed by atoms with E-state index in [-0.39, 0.29) is 0 Å². The van der Waals surface area contributed by atoms with E-state index in [0.717, 1.165) is 41.7 Å². The van der Waals surface area contributed by atoms with Crippen LogP contribution in [0.2, 0.25) is 0 Å². The third kappa shape index (κ3) is 2.50. The number of aromatic nitrogens is 1. The van der Waals surface area contributed by atoms with Crippen LogP contribution in [0.25, 0.3) is 10.9 Å². The lowest BCUT2D eigenvalue weighted by Crippen LogP contribution is -2.06. The molecule has 1 aromatic carbocycles. The Balaban J connectivity index is 2.71. The van der Waals surface area contributed by atoms with Crippen molar-refractivity contribution in [3.05, 3.63) is 29.5 Å². The van der Waals surface area contributed by atoms with Gasteiger partial charge in [-0.3, -0.25) is 0 Å². The second-order valence-electron chi connectivity index (χ2n) is 4.69. The van der Waals surface area contributed by atoms with Gasteiger partial charge in [0.2, 0.25) is 0 Å². The zero-order valence-electron chi connectivity index (χ0n) is 12.2. The molecule has 0 radical (unpaired) electrons. The Hall–Kier alpha value is -1.77. The fraction of sp³-hybridized carbons (Fsp3) is 0.438. The van der Waals surface area contributed by atoms with Gasteiger partial charge >= 0.3 is 0 Å². The average Bonchev–Trinajstić information content (AvgIpc) is 2.43. The summed E-state index contributed by atoms with van der Waals surface area (Å²) < 4.78 is 5.43. The summed E-state index contributed by atoms with van der Waals surface area (Å²) in [4.78, 5) is 4.72. The maximum atomic E-state index is 5.43. The number of fused-ring (bicyclic) bond motifs is 1. The molecule has 3 nitrogen and oxygen atoms in total. The Morgan fingerprint density at radius 1 is 1.26 bits per heavy atom. The molecule has 0 bridgehead atoms. The van der Waals surface area contributed by atoms with Crippen LogP contribution >= 0.6 is 0 Å². The van der Waals surface area contributed by atoms with E-state index in [0.29, 0.717) is 0 Å². The van der Waals surface area contributed by atoms with Gasteiger partial charge in [0.1, 0.15) is 11.3 Å². The normalized spacial score (nSPS) is 10.7. The monoisotopic (exact) mass is 258 g/mol. The van der Waals surface area contributed by atoms with Crippen LogP contribution in [0.1, 0.15) is 31.5 Å². The molecule has 0 saturated carbocycles. The Bertz CT molecular complexity index is 578. The quantitative estimate of drug-likeness (QED) is 0.882. The lowest BCUT2D eigenvalue weighted by Gasteiger charge is -2.17. The maximum Gasteiger partial charge on any atom is 0.145 e. The highest BCUT2D eigenvalue weighted by Crippen LogP contribution is 2.33. The molecule has 1 heterocycles. The van der Waals surface area contributed by atoms with Crippen molar-refractivity contribution < 1.29 is 4.74 Å². The molecule has 0 aliphatic rings. The van der Waals surface area contributed by atoms with Crippen LogP contribution in [-0.2, 0) is 6.42 Å². The fourth-order valence-corrected chi connectivity index (χ4v) is 2.47. The van der Waals surface area contributed by atoms with E-state index in [4.69, 9.17) is 9.72 Å². The van der Waals surface area contributed by atoms with Crippen molar-refractivity contribution in [3.63, 3.8) is 0 Å². The van der Waals surface area contributed by atoms with Gasteiger partial charge in [0.15, 0.2) is 0 Å². The molecule has 2 rings (SSSR count). The lowest BCUT2D eigenvalue weighted by atomic mass is 10.0. The number of aryl methyl sites for hydroxylation is 1. The number of hydrogen-bond acceptors (Lipinski definition) is 3. The van der Waals surface area contributed by atoms with Gasteiger partial charge in [-0.15, -0.1) is 0 Å². The highest BCUT2D eigenvalue weighted by Gasteiger charge is 2.13. The van der Waals surface area contributed by atoms with Crippen LogP contribution in [0.5, 0.6) is 5.75 Å². The van der Waals surface area contributed by atoms with E-state index in [1.54, 1.807) is 7.11 Å². The third-order valence-corrected chi connectivity index (χ3v) is 3.41. The van der Waals surface area contributed by atoms with E-state index in [2.05, 4.69) is 32.2 Å². The SMILES string of the molecule is CCCNc1c(CC)c(C)nc2c(OC)cccc12. The predicted molar refractivity (Wildman–Crippen MR) is 81.2 cm³/mol. The number of methoxy groups -OCH3 is 1. The molecule has 0 aliphatic carbocycles. The van der Waals surface area contributed by atoms with Crippen LogP contribution in [0.4, 0.5) is 5.69 Å². The summed E-state index contributed by atoms with van der Waals surface area (Å²) in [7, 11) is 1.69. The summed E-state index contributed by atoms with van der Waals surface area (Å²) in [6.45, 7) is 7.40. The van der Waals surface area contributed by atoms with E-state index in [9.17, 15) is 0 Å². The first-order valence-corrected chi connectivity index (χ1v) is 6.92. The topological polar surface area (TPSA) is 34.2 Å². The number of ether oxygens (including phenoxy) is 1. The third-order valence-electron chi connectivity index (χ3n) is 3.41. The molecule has 0 amide bonds. The molecule has 0 spiro atoms. The van der Waals surface area contributed by atoms with Crippen molar-refractivity contribution in [1.29, 1.82) is 0 Å². The minimum absolute atomic E-state index is 0.836. The molecule has 0 unspecified atom stereocenters. The van der Waals surface area contributed by atoms with Gasteiger partial charge in [-0.2, -0.15) is 0 Å². The summed E-state index contributed by atoms with van der Waals surface area (Å²) >= 11 is 0. The smallest absolute Gasteiger partial charge is 0.145 e. The summed E-state index contributed by atoms with van der Waals surface area (Å²) in [6.07, 6.45) is 2.09. The minimum atomic E-state index is 0.836. The number of anilines is 1. The van der Waals surface area contributed by atoms with Crippen molar-refractivity contribution in [3.8, 4) is 5.75 Å². The average molecular weight is 258 g/mol. The molecule has 2 aromatic rings. The van der Waals surface area contributed by atoms with Crippen molar-refractivity contribution in [2.24, 2.45) is 0 Å². The van der Waals surface area contributed by atoms with E-state index in [1.807, 2.05) is 12.1 Å². The molecule has 3 heteroatoms. The minimum Gasteiger partial charge on any atom is -0.494 e. The Morgan fingerprint density at radius 2 is 2.05 bits per heavy atom. The molecule has 0 fully saturated rings. The van der Waals surface area contributed by atoms with Crippen LogP contribution < -0.4 is 10.1 Å². The lowest BCUT2D eigenvalue weighted by molar-refractivity contribution is 0.419. The van der Waals surface area contributed by atoms with E-state index >= 15 is 0 Å². The van der Waals surface area contributed by atoms with Gasteiger partial charge in [-0.05, 0) is 31.4 Å². The van der Waals surface area contributed by atoms with Crippen molar-refractivity contribution >= 4 is 16.6 Å². The first-order valence-electron chi connectivity index (χ1n) is 6.92. The molecule has 19 heavy (non-hydrogen) atoms. The van der Waals surface area contributed by atoms with Gasteiger partial charge in [0.05, 0.1) is 7.11 Å². The van der Waals surface area contributed by atoms with Gasteiger partial charge < -0.3 is 10.1 Å². The highest BCUT2D eigenvalue weighted by atomic mass is 16.5. The second kappa shape index (κ2) is 5.91. The number of nitrogens with one attached hydrogen (secondary N) is 1. The summed E-state index contributed by atoms with van der Waals surface area (Å²) in [5, 5.41) is 4.70. The molecule has 0 saturated heterocycles. The molecule has 102 valence electrons. The zero-order valence-corrected chi connectivity index (χ0v) is 12.2. The zero-order chi connectivity index (χ0) is 13.8. The number of hydrogen-bond donors (Lipinski definition) is 1. The van der Waals surface area contributed by atoms with Crippen LogP contribution in [-0.4, -0.2) is 18.6 Å². The molecule has 1 N–H and O–H groups in total. The summed E-state index contributed by atoms with van der Waals surface area (Å²) in [6, 6.07) is 6.10. The van der Waals surface area contributed by atoms with Gasteiger partial charge in [-0.1, -0.05) is 26.0 Å². The summed E-state index contributed by atoms with van der Waals surface area (Å²) in [5.41, 5.74) is 4.54. The molecule has 0 aliphatic heterocycles. The number of rotatable bonds is 5. The van der Waals surface area contributed by atoms with Crippen LogP contribution in [0, 0.1) is 6.92 Å². The van der Waals surface area contributed by atoms with Crippen LogP contribution in [0.15, 0.2) is 18.2 Å². The molecular weight excluding hydrogens is 236 g/mol. The van der Waals surface area contributed by atoms with E-state index < -0.39 is 0 Å². The van der Waals surface area contributed by atoms with E-state index in [1.165, 1.54) is 11.3 Å². The molecular formula is C16H22N2O. The van der Waals surface area contributed by atoms with Gasteiger partial charge in [0.25, 0.3) is 0 Å². The largest absolute Gasteiger partial charge is 0.494 e. The predicted octanol–water partition coefficient (Wildman–Crippen LogP) is 3.94. The van der Waals surface area contributed by atoms with Crippen LogP contribution in [0.3, 0.4) is 0 Å². The number of nitrogens with zero attached hydrogens (tertiary/aromatic N) is 1. The summed E-state index contributed by atoms with van der Waals surface area (Å²) in [5.74, 6) is 0.836. The molecule has 0 atom stereocenters. The Labute approximate surface area is 115 Å². The number of pyridine rings is 1. The van der Waals surface area contributed by atoms with Crippen molar-refractivity contribution in [2.75, 3.05) is 19.0 Å². The second-order valence-corrected chi connectivity index (χ2v) is 4.69. The number of benzene rings is 1. The fourth-order valence-electron chi connectivity index (χ4n) is 2.47. The van der Waals surface area contributed by atoms with Crippen molar-refractivity contribution in [2.45, 2.75) is 33.6 Å². The van der Waals surface area contributed by atoms with Gasteiger partial charge in [-0.25, -0.2) is 4.98 Å². The highest BCUT2D eigenvalue weighted by molar-refractivity contribution is 5.96. The Morgan fingerprint density at radius 3 is 2.68 bits per heavy atom. The van der Waals surface area contributed by atoms with Crippen molar-refractivity contribution in [1.82, 2.24) is 4.98 Å². The number of para-hydroxylation sites is 1. The van der Waals surface area contributed by atoms with Gasteiger partial charge in [0, 0.05) is 23.3 Å². The Kier molecular flexibility index (Phi) is 4.25.